The summed E-state index contributed by atoms with van der Waals surface area (Å²) in [6, 6.07) is 0. The Hall–Kier alpha value is -3.44. The Kier molecular flexibility index (Phi) is 54.9. The van der Waals surface area contributed by atoms with Crippen molar-refractivity contribution in [2.45, 2.75) is 258 Å². The van der Waals surface area contributed by atoms with Crippen molar-refractivity contribution in [2.24, 2.45) is 0 Å². The lowest BCUT2D eigenvalue weighted by molar-refractivity contribution is -0.162. The minimum Gasteiger partial charge on any atom is -0.462 e. The number of allylic oxidation sites excluding steroid dienone is 18. The van der Waals surface area contributed by atoms with Gasteiger partial charge in [-0.2, -0.15) is 0 Å². The quantitative estimate of drug-likeness (QED) is 0.0345. The first-order valence-corrected chi connectivity index (χ1v) is 28.4. The van der Waals surface area contributed by atoms with Crippen molar-refractivity contribution >= 4 is 11.9 Å². The van der Waals surface area contributed by atoms with Crippen LogP contribution in [0.5, 0.6) is 0 Å². The molecule has 0 fully saturated rings. The fraction of sp³-hybridized carbons (Fsp3) is 0.683. The van der Waals surface area contributed by atoms with Crippen LogP contribution in [0.3, 0.4) is 0 Å². The highest BCUT2D eigenvalue weighted by molar-refractivity contribution is 5.70. The van der Waals surface area contributed by atoms with E-state index in [9.17, 15) is 9.59 Å². The number of hydrogen-bond donors (Lipinski definition) is 0. The Morgan fingerprint density at radius 1 is 0.338 bits per heavy atom. The van der Waals surface area contributed by atoms with Gasteiger partial charge in [-0.1, -0.05) is 252 Å². The van der Waals surface area contributed by atoms with Crippen molar-refractivity contribution in [1.29, 1.82) is 0 Å². The Morgan fingerprint density at radius 2 is 0.691 bits per heavy atom. The zero-order chi connectivity index (χ0) is 49.2. The maximum absolute atomic E-state index is 12.8. The minimum atomic E-state index is -0.577. The Labute approximate surface area is 421 Å². The third-order valence-electron chi connectivity index (χ3n) is 11.8. The monoisotopic (exact) mass is 943 g/mol. The van der Waals surface area contributed by atoms with Gasteiger partial charge in [-0.3, -0.25) is 9.59 Å². The zero-order valence-corrected chi connectivity index (χ0v) is 44.6. The first-order chi connectivity index (χ1) is 33.6. The molecule has 0 saturated heterocycles. The first kappa shape index (κ1) is 64.6. The average molecular weight is 944 g/mol. The summed E-state index contributed by atoms with van der Waals surface area (Å²) in [5.41, 5.74) is 0. The van der Waals surface area contributed by atoms with Crippen molar-refractivity contribution < 1.29 is 23.8 Å². The molecule has 0 spiro atoms. The number of unbranched alkanes of at least 4 members (excludes halogenated alkanes) is 22. The molecule has 0 aromatic carbocycles. The van der Waals surface area contributed by atoms with Gasteiger partial charge in [0.05, 0.1) is 6.61 Å². The van der Waals surface area contributed by atoms with Crippen LogP contribution in [0, 0.1) is 0 Å². The lowest BCUT2D eigenvalue weighted by Crippen LogP contribution is -2.30. The van der Waals surface area contributed by atoms with Crippen molar-refractivity contribution in [3.63, 3.8) is 0 Å². The summed E-state index contributed by atoms with van der Waals surface area (Å²) in [7, 11) is 0. The van der Waals surface area contributed by atoms with Gasteiger partial charge in [0.1, 0.15) is 6.61 Å². The number of esters is 2. The van der Waals surface area contributed by atoms with Gasteiger partial charge < -0.3 is 14.2 Å². The molecule has 0 aromatic heterocycles. The van der Waals surface area contributed by atoms with Gasteiger partial charge in [-0.25, -0.2) is 0 Å². The summed E-state index contributed by atoms with van der Waals surface area (Å²) < 4.78 is 17.4. The smallest absolute Gasteiger partial charge is 0.306 e. The maximum Gasteiger partial charge on any atom is 0.306 e. The van der Waals surface area contributed by atoms with Gasteiger partial charge in [0.2, 0.25) is 0 Å². The zero-order valence-electron chi connectivity index (χ0n) is 44.6. The number of rotatable bonds is 51. The molecule has 5 heteroatoms. The molecule has 1 unspecified atom stereocenters. The van der Waals surface area contributed by atoms with Crippen LogP contribution in [-0.2, 0) is 23.8 Å². The lowest BCUT2D eigenvalue weighted by atomic mass is 10.0. The van der Waals surface area contributed by atoms with Crippen LogP contribution in [0.15, 0.2) is 109 Å². The summed E-state index contributed by atoms with van der Waals surface area (Å²) >= 11 is 0. The lowest BCUT2D eigenvalue weighted by Gasteiger charge is -2.18. The van der Waals surface area contributed by atoms with Crippen molar-refractivity contribution in [3.05, 3.63) is 109 Å². The molecule has 0 aliphatic carbocycles. The second-order valence-corrected chi connectivity index (χ2v) is 18.5. The molecular formula is C63H106O5. The predicted octanol–water partition coefficient (Wildman–Crippen LogP) is 19.6. The summed E-state index contributed by atoms with van der Waals surface area (Å²) in [6.07, 6.45) is 79.7. The van der Waals surface area contributed by atoms with Gasteiger partial charge in [0.25, 0.3) is 0 Å². The van der Waals surface area contributed by atoms with E-state index in [-0.39, 0.29) is 25.2 Å². The van der Waals surface area contributed by atoms with Crippen LogP contribution < -0.4 is 0 Å². The van der Waals surface area contributed by atoms with E-state index in [1.165, 1.54) is 128 Å². The normalized spacial score (nSPS) is 13.0. The fourth-order valence-electron chi connectivity index (χ4n) is 7.60. The number of carbonyl (C=O) groups is 2. The molecule has 388 valence electrons. The van der Waals surface area contributed by atoms with E-state index in [4.69, 9.17) is 14.2 Å². The molecular weight excluding hydrogens is 837 g/mol. The van der Waals surface area contributed by atoms with Crippen LogP contribution in [0.1, 0.15) is 252 Å². The van der Waals surface area contributed by atoms with Gasteiger partial charge in [-0.15, -0.1) is 0 Å². The van der Waals surface area contributed by atoms with Gasteiger partial charge in [-0.05, 0) is 96.3 Å². The molecule has 0 aliphatic rings. The summed E-state index contributed by atoms with van der Waals surface area (Å²) in [4.78, 5) is 25.5. The Balaban J connectivity index is 4.39. The standard InChI is InChI=1S/C63H106O5/c1-4-7-10-13-16-19-22-25-27-29-31-33-35-37-40-43-46-49-52-55-58-66-59-61(68-63(65)57-54-51-48-45-42-38-24-21-18-15-12-9-6-3)60-67-62(64)56-53-50-47-44-41-39-36-34-32-30-28-26-23-20-17-14-11-8-5-2/h8,11,16-17,19-20,25-28,31-34,39,41,47,50,61H,4-7,9-10,12-15,18,21-24,29-30,35-38,40,42-46,48-49,51-60H2,1-3H3/b11-8-,19-16-,20-17-,27-25-,28-26-,33-31-,34-32-,41-39-,50-47-. The summed E-state index contributed by atoms with van der Waals surface area (Å²) in [5, 5.41) is 0. The van der Waals surface area contributed by atoms with Crippen LogP contribution >= 0.6 is 0 Å². The number of carbonyl (C=O) groups excluding carboxylic acids is 2. The van der Waals surface area contributed by atoms with Crippen molar-refractivity contribution in [1.82, 2.24) is 0 Å². The first-order valence-electron chi connectivity index (χ1n) is 28.4. The van der Waals surface area contributed by atoms with Crippen LogP contribution in [0.4, 0.5) is 0 Å². The molecule has 0 saturated carbocycles. The number of hydrogen-bond acceptors (Lipinski definition) is 5. The second kappa shape index (κ2) is 57.9. The van der Waals surface area contributed by atoms with E-state index >= 15 is 0 Å². The Morgan fingerprint density at radius 3 is 1.15 bits per heavy atom. The minimum absolute atomic E-state index is 0.0374. The van der Waals surface area contributed by atoms with E-state index in [0.29, 0.717) is 25.9 Å². The highest BCUT2D eigenvalue weighted by atomic mass is 16.6. The summed E-state index contributed by atoms with van der Waals surface area (Å²) in [5.74, 6) is -0.498. The molecule has 0 aliphatic heterocycles. The van der Waals surface area contributed by atoms with E-state index < -0.39 is 6.10 Å². The maximum atomic E-state index is 12.8. The largest absolute Gasteiger partial charge is 0.462 e. The predicted molar refractivity (Wildman–Crippen MR) is 297 cm³/mol. The van der Waals surface area contributed by atoms with E-state index in [0.717, 1.165) is 83.5 Å². The number of ether oxygens (including phenoxy) is 3. The third-order valence-corrected chi connectivity index (χ3v) is 11.8. The van der Waals surface area contributed by atoms with E-state index in [2.05, 4.69) is 124 Å². The molecule has 1 atom stereocenters. The molecule has 5 nitrogen and oxygen atoms in total. The Bertz CT molecular complexity index is 1340. The van der Waals surface area contributed by atoms with Gasteiger partial charge in [0, 0.05) is 19.4 Å². The average Bonchev–Trinajstić information content (AvgIpc) is 3.34. The molecule has 0 heterocycles. The fourth-order valence-corrected chi connectivity index (χ4v) is 7.60. The van der Waals surface area contributed by atoms with E-state index in [1.807, 2.05) is 6.08 Å². The topological polar surface area (TPSA) is 61.8 Å². The van der Waals surface area contributed by atoms with Crippen LogP contribution in [0.2, 0.25) is 0 Å². The van der Waals surface area contributed by atoms with E-state index in [1.54, 1.807) is 0 Å². The van der Waals surface area contributed by atoms with Crippen molar-refractivity contribution in [2.75, 3.05) is 19.8 Å². The highest BCUT2D eigenvalue weighted by Gasteiger charge is 2.17. The molecule has 0 radical (unpaired) electrons. The molecule has 0 amide bonds. The van der Waals surface area contributed by atoms with Gasteiger partial charge >= 0.3 is 11.9 Å². The molecule has 0 N–H and O–H groups in total. The molecule has 0 bridgehead atoms. The molecule has 0 rings (SSSR count). The third kappa shape index (κ3) is 55.2. The molecule has 68 heavy (non-hydrogen) atoms. The van der Waals surface area contributed by atoms with Crippen LogP contribution in [-0.4, -0.2) is 37.9 Å². The SMILES string of the molecule is CC/C=C\C/C=C\C/C=C\C/C=C\C/C=C\C/C=C\CCC(=O)OCC(COCCCCCCCCC/C=C\C/C=C\C/C=C\CCCCC)OC(=O)CCCCCCCCCCCCCCC. The highest BCUT2D eigenvalue weighted by Crippen LogP contribution is 2.14. The van der Waals surface area contributed by atoms with Crippen LogP contribution in [0.25, 0.3) is 0 Å². The van der Waals surface area contributed by atoms with Crippen molar-refractivity contribution in [3.8, 4) is 0 Å². The molecule has 0 aromatic rings. The summed E-state index contributed by atoms with van der Waals surface area (Å²) in [6.45, 7) is 7.59. The van der Waals surface area contributed by atoms with Gasteiger partial charge in [0.15, 0.2) is 6.10 Å². The second-order valence-electron chi connectivity index (χ2n) is 18.5.